The number of benzene rings is 2. The molecular weight excluding hydrogens is 270 g/mol. The molecule has 1 aliphatic heterocycles. The first-order valence-corrected chi connectivity index (χ1v) is 8.35. The zero-order valence-corrected chi connectivity index (χ0v) is 12.9. The van der Waals surface area contributed by atoms with Crippen molar-refractivity contribution in [1.29, 1.82) is 0 Å². The molecule has 1 fully saturated rings. The van der Waals surface area contributed by atoms with Crippen molar-refractivity contribution in [3.05, 3.63) is 70.8 Å². The summed E-state index contributed by atoms with van der Waals surface area (Å²) in [4.78, 5) is 0. The summed E-state index contributed by atoms with van der Waals surface area (Å²) in [5.41, 5.74) is 12.0. The minimum Gasteiger partial charge on any atom is -0.377 e. The molecular formula is C20H23NO. The quantitative estimate of drug-likeness (QED) is 0.874. The molecule has 2 heteroatoms. The highest BCUT2D eigenvalue weighted by molar-refractivity contribution is 5.46. The number of ether oxygens (including phenoxy) is 1. The number of aryl methyl sites for hydroxylation is 2. The Balaban J connectivity index is 1.83. The van der Waals surface area contributed by atoms with E-state index >= 15 is 0 Å². The van der Waals surface area contributed by atoms with Gasteiger partial charge in [0.1, 0.15) is 0 Å². The van der Waals surface area contributed by atoms with Crippen molar-refractivity contribution in [3.8, 4) is 0 Å². The molecule has 2 nitrogen and oxygen atoms in total. The van der Waals surface area contributed by atoms with Gasteiger partial charge in [-0.3, -0.25) is 0 Å². The molecule has 0 spiro atoms. The van der Waals surface area contributed by atoms with Crippen molar-refractivity contribution in [2.45, 2.75) is 43.7 Å². The average molecular weight is 293 g/mol. The summed E-state index contributed by atoms with van der Waals surface area (Å²) in [6.45, 7) is 0.784. The highest BCUT2D eigenvalue weighted by Crippen LogP contribution is 2.39. The molecule has 2 aromatic rings. The van der Waals surface area contributed by atoms with Gasteiger partial charge in [-0.2, -0.15) is 0 Å². The van der Waals surface area contributed by atoms with Gasteiger partial charge >= 0.3 is 0 Å². The molecule has 2 aliphatic rings. The monoisotopic (exact) mass is 293 g/mol. The van der Waals surface area contributed by atoms with E-state index in [2.05, 4.69) is 48.5 Å². The van der Waals surface area contributed by atoms with Crippen molar-refractivity contribution in [2.24, 2.45) is 5.73 Å². The van der Waals surface area contributed by atoms with Gasteiger partial charge in [0.25, 0.3) is 0 Å². The Labute approximate surface area is 132 Å². The summed E-state index contributed by atoms with van der Waals surface area (Å²) in [6.07, 6.45) is 4.36. The Bertz CT molecular complexity index is 619. The van der Waals surface area contributed by atoms with Crippen LogP contribution in [-0.4, -0.2) is 18.8 Å². The van der Waals surface area contributed by atoms with E-state index in [1.54, 1.807) is 0 Å². The van der Waals surface area contributed by atoms with Crippen molar-refractivity contribution in [2.75, 3.05) is 6.61 Å². The first-order valence-electron chi connectivity index (χ1n) is 8.35. The second-order valence-corrected chi connectivity index (χ2v) is 6.57. The third-order valence-corrected chi connectivity index (χ3v) is 5.17. The van der Waals surface area contributed by atoms with Gasteiger partial charge in [-0.1, -0.05) is 48.5 Å². The van der Waals surface area contributed by atoms with Crippen LogP contribution in [0, 0.1) is 0 Å². The summed E-state index contributed by atoms with van der Waals surface area (Å²) < 4.78 is 6.18. The molecule has 1 saturated heterocycles. The Morgan fingerprint density at radius 2 is 1.45 bits per heavy atom. The Kier molecular flexibility index (Phi) is 3.73. The topological polar surface area (TPSA) is 35.2 Å². The van der Waals surface area contributed by atoms with E-state index in [9.17, 15) is 0 Å². The lowest BCUT2D eigenvalue weighted by Gasteiger charge is -2.34. The summed E-state index contributed by atoms with van der Waals surface area (Å²) >= 11 is 0. The van der Waals surface area contributed by atoms with Gasteiger partial charge in [0, 0.05) is 18.6 Å². The fourth-order valence-corrected chi connectivity index (χ4v) is 4.06. The van der Waals surface area contributed by atoms with Gasteiger partial charge in [0.2, 0.25) is 0 Å². The Hall–Kier alpha value is -1.64. The molecule has 0 radical (unpaired) electrons. The van der Waals surface area contributed by atoms with Gasteiger partial charge in [-0.25, -0.2) is 0 Å². The van der Waals surface area contributed by atoms with Crippen molar-refractivity contribution in [3.63, 3.8) is 0 Å². The van der Waals surface area contributed by atoms with Crippen molar-refractivity contribution >= 4 is 0 Å². The SMILES string of the molecule is N[C@@H]1CCOC(C2c3ccccc3CCc3ccccc32)C1. The van der Waals surface area contributed by atoms with E-state index in [-0.39, 0.29) is 12.1 Å². The van der Waals surface area contributed by atoms with Gasteiger partial charge in [-0.05, 0) is 47.9 Å². The molecule has 0 aromatic heterocycles. The Morgan fingerprint density at radius 3 is 2.05 bits per heavy atom. The molecule has 22 heavy (non-hydrogen) atoms. The maximum atomic E-state index is 6.23. The first-order chi connectivity index (χ1) is 10.8. The van der Waals surface area contributed by atoms with Crippen molar-refractivity contribution in [1.82, 2.24) is 0 Å². The smallest absolute Gasteiger partial charge is 0.0699 e. The van der Waals surface area contributed by atoms with Crippen molar-refractivity contribution < 1.29 is 4.74 Å². The van der Waals surface area contributed by atoms with Gasteiger partial charge in [0.05, 0.1) is 6.10 Å². The van der Waals surface area contributed by atoms with Crippen LogP contribution < -0.4 is 5.73 Å². The highest BCUT2D eigenvalue weighted by Gasteiger charge is 2.33. The molecule has 2 atom stereocenters. The largest absolute Gasteiger partial charge is 0.377 e. The molecule has 114 valence electrons. The van der Waals surface area contributed by atoms with E-state index in [4.69, 9.17) is 10.5 Å². The maximum absolute atomic E-state index is 6.23. The predicted octanol–water partition coefficient (Wildman–Crippen LogP) is 3.42. The average Bonchev–Trinajstić information content (AvgIpc) is 2.71. The molecule has 2 aromatic carbocycles. The lowest BCUT2D eigenvalue weighted by molar-refractivity contribution is -0.00150. The standard InChI is InChI=1S/C20H23NO/c21-16-11-12-22-19(13-16)20-17-7-3-1-5-14(17)9-10-15-6-2-4-8-18(15)20/h1-8,16,19-20H,9-13,21H2/t16-,19?/m1/s1. The van der Waals surface area contributed by atoms with Gasteiger partial charge in [0.15, 0.2) is 0 Å². The second kappa shape index (κ2) is 5.86. The second-order valence-electron chi connectivity index (χ2n) is 6.57. The molecule has 2 N–H and O–H groups in total. The van der Waals surface area contributed by atoms with Crippen LogP contribution in [0.15, 0.2) is 48.5 Å². The summed E-state index contributed by atoms with van der Waals surface area (Å²) in [7, 11) is 0. The number of fused-ring (bicyclic) bond motifs is 2. The fourth-order valence-electron chi connectivity index (χ4n) is 4.06. The summed E-state index contributed by atoms with van der Waals surface area (Å²) in [5, 5.41) is 0. The summed E-state index contributed by atoms with van der Waals surface area (Å²) in [5.74, 6) is 0.321. The van der Waals surface area contributed by atoms with Crippen LogP contribution in [0.25, 0.3) is 0 Å². The van der Waals surface area contributed by atoms with Crippen LogP contribution in [0.2, 0.25) is 0 Å². The molecule has 1 heterocycles. The molecule has 4 rings (SSSR count). The van der Waals surface area contributed by atoms with Gasteiger partial charge in [-0.15, -0.1) is 0 Å². The van der Waals surface area contributed by atoms with E-state index in [0.29, 0.717) is 5.92 Å². The zero-order chi connectivity index (χ0) is 14.9. The third kappa shape index (κ3) is 2.47. The summed E-state index contributed by atoms with van der Waals surface area (Å²) in [6, 6.07) is 18.0. The minimum atomic E-state index is 0.198. The molecule has 0 amide bonds. The molecule has 0 bridgehead atoms. The fraction of sp³-hybridized carbons (Fsp3) is 0.400. The lowest BCUT2D eigenvalue weighted by atomic mass is 9.81. The van der Waals surface area contributed by atoms with E-state index < -0.39 is 0 Å². The maximum Gasteiger partial charge on any atom is 0.0699 e. The number of hydrogen-bond acceptors (Lipinski definition) is 2. The van der Waals surface area contributed by atoms with Crippen LogP contribution in [-0.2, 0) is 17.6 Å². The first kappa shape index (κ1) is 14.0. The number of hydrogen-bond donors (Lipinski definition) is 1. The Morgan fingerprint density at radius 1 is 0.864 bits per heavy atom. The van der Waals surface area contributed by atoms with E-state index in [1.807, 2.05) is 0 Å². The highest BCUT2D eigenvalue weighted by atomic mass is 16.5. The lowest BCUT2D eigenvalue weighted by Crippen LogP contribution is -2.38. The number of rotatable bonds is 1. The van der Waals surface area contributed by atoms with Crippen LogP contribution in [0.5, 0.6) is 0 Å². The van der Waals surface area contributed by atoms with Crippen LogP contribution in [0.3, 0.4) is 0 Å². The zero-order valence-electron chi connectivity index (χ0n) is 12.9. The third-order valence-electron chi connectivity index (χ3n) is 5.17. The predicted molar refractivity (Wildman–Crippen MR) is 89.1 cm³/mol. The van der Waals surface area contributed by atoms with E-state index in [1.165, 1.54) is 22.3 Å². The van der Waals surface area contributed by atoms with Crippen LogP contribution in [0.4, 0.5) is 0 Å². The molecule has 0 saturated carbocycles. The minimum absolute atomic E-state index is 0.198. The number of nitrogens with two attached hydrogens (primary N) is 1. The van der Waals surface area contributed by atoms with Crippen LogP contribution in [0.1, 0.15) is 41.0 Å². The van der Waals surface area contributed by atoms with E-state index in [0.717, 1.165) is 32.3 Å². The van der Waals surface area contributed by atoms with Gasteiger partial charge < -0.3 is 10.5 Å². The normalized spacial score (nSPS) is 25.1. The molecule has 1 unspecified atom stereocenters. The molecule has 1 aliphatic carbocycles. The van der Waals surface area contributed by atoms with Crippen LogP contribution >= 0.6 is 0 Å².